The number of carbonyl (C=O) groups excluding carboxylic acids is 1. The fraction of sp³-hybridized carbons (Fsp3) is 0.471. The zero-order valence-corrected chi connectivity index (χ0v) is 12.3. The number of benzene rings is 1. The molecule has 1 aliphatic rings. The highest BCUT2D eigenvalue weighted by Crippen LogP contribution is 2.20. The number of aryl methyl sites for hydroxylation is 1. The number of hydrogen-bond acceptors (Lipinski definition) is 3. The molecule has 108 valence electrons. The fourth-order valence-electron chi connectivity index (χ4n) is 2.72. The van der Waals surface area contributed by atoms with Gasteiger partial charge in [0.15, 0.2) is 0 Å². The monoisotopic (exact) mass is 273 g/mol. The van der Waals surface area contributed by atoms with Gasteiger partial charge in [-0.1, -0.05) is 37.3 Å². The van der Waals surface area contributed by atoms with Gasteiger partial charge in [-0.05, 0) is 36.8 Å². The second kappa shape index (κ2) is 7.25. The van der Waals surface area contributed by atoms with Crippen LogP contribution in [0.1, 0.15) is 30.9 Å². The summed E-state index contributed by atoms with van der Waals surface area (Å²) in [5.41, 5.74) is 3.67. The van der Waals surface area contributed by atoms with Gasteiger partial charge in [-0.3, -0.25) is 0 Å². The molecule has 1 aromatic rings. The molecule has 1 aromatic carbocycles. The molecular weight excluding hydrogens is 250 g/mol. The average Bonchev–Trinajstić information content (AvgIpc) is 2.50. The third kappa shape index (κ3) is 3.70. The first kappa shape index (κ1) is 14.8. The van der Waals surface area contributed by atoms with Gasteiger partial charge in [0.25, 0.3) is 0 Å². The van der Waals surface area contributed by atoms with Crippen molar-refractivity contribution in [3.63, 3.8) is 0 Å². The molecule has 0 fully saturated rings. The Bertz CT molecular complexity index is 494. The molecule has 1 N–H and O–H groups in total. The summed E-state index contributed by atoms with van der Waals surface area (Å²) in [4.78, 5) is 11.5. The van der Waals surface area contributed by atoms with Crippen LogP contribution in [0.25, 0.3) is 0 Å². The molecule has 3 heteroatoms. The Morgan fingerprint density at radius 1 is 1.40 bits per heavy atom. The zero-order chi connectivity index (χ0) is 14.4. The summed E-state index contributed by atoms with van der Waals surface area (Å²) in [5.74, 6) is -0.219. The Morgan fingerprint density at radius 3 is 2.85 bits per heavy atom. The van der Waals surface area contributed by atoms with E-state index in [-0.39, 0.29) is 5.97 Å². The van der Waals surface area contributed by atoms with Gasteiger partial charge in [-0.15, -0.1) is 0 Å². The van der Waals surface area contributed by atoms with Gasteiger partial charge in [0.2, 0.25) is 0 Å². The molecule has 0 spiro atoms. The molecule has 20 heavy (non-hydrogen) atoms. The van der Waals surface area contributed by atoms with Crippen LogP contribution in [0.3, 0.4) is 0 Å². The second-order valence-corrected chi connectivity index (χ2v) is 5.19. The maximum absolute atomic E-state index is 11.5. The van der Waals surface area contributed by atoms with Crippen LogP contribution in [0.4, 0.5) is 0 Å². The molecule has 0 heterocycles. The third-order valence-electron chi connectivity index (χ3n) is 3.93. The maximum atomic E-state index is 11.5. The third-order valence-corrected chi connectivity index (χ3v) is 3.93. The molecule has 3 nitrogen and oxygen atoms in total. The first-order valence-electron chi connectivity index (χ1n) is 7.32. The van der Waals surface area contributed by atoms with E-state index in [0.29, 0.717) is 12.5 Å². The Hall–Kier alpha value is -1.61. The number of rotatable bonds is 5. The van der Waals surface area contributed by atoms with Crippen molar-refractivity contribution < 1.29 is 9.53 Å². The van der Waals surface area contributed by atoms with E-state index in [4.69, 9.17) is 4.74 Å². The number of nitrogens with one attached hydrogen (secondary N) is 1. The van der Waals surface area contributed by atoms with Crippen molar-refractivity contribution in [1.82, 2.24) is 5.32 Å². The SMILES string of the molecule is CC/C(=C/CNC1CCc2ccccc2C1)C(=O)OC. The summed E-state index contributed by atoms with van der Waals surface area (Å²) >= 11 is 0. The predicted octanol–water partition coefficient (Wildman–Crippen LogP) is 2.64. The molecule has 1 atom stereocenters. The standard InChI is InChI=1S/C17H23NO2/c1-3-13(17(19)20-2)10-11-18-16-9-8-14-6-4-5-7-15(14)12-16/h4-7,10,16,18H,3,8-9,11-12H2,1-2H3/b13-10-. The van der Waals surface area contributed by atoms with E-state index in [0.717, 1.165) is 31.4 Å². The summed E-state index contributed by atoms with van der Waals surface area (Å²) in [6, 6.07) is 9.15. The first-order chi connectivity index (χ1) is 9.74. The fourth-order valence-corrected chi connectivity index (χ4v) is 2.72. The molecule has 0 saturated heterocycles. The van der Waals surface area contributed by atoms with Crippen molar-refractivity contribution in [2.24, 2.45) is 0 Å². The van der Waals surface area contributed by atoms with E-state index in [1.165, 1.54) is 18.2 Å². The van der Waals surface area contributed by atoms with E-state index in [9.17, 15) is 4.79 Å². The van der Waals surface area contributed by atoms with E-state index < -0.39 is 0 Å². The Kier molecular flexibility index (Phi) is 5.36. The number of carbonyl (C=O) groups is 1. The zero-order valence-electron chi connectivity index (χ0n) is 12.3. The number of esters is 1. The lowest BCUT2D eigenvalue weighted by Crippen LogP contribution is -2.34. The van der Waals surface area contributed by atoms with Crippen molar-refractivity contribution in [2.75, 3.05) is 13.7 Å². The van der Waals surface area contributed by atoms with Gasteiger partial charge in [0.05, 0.1) is 7.11 Å². The number of hydrogen-bond donors (Lipinski definition) is 1. The highest BCUT2D eigenvalue weighted by Gasteiger charge is 2.17. The Morgan fingerprint density at radius 2 is 2.15 bits per heavy atom. The lowest BCUT2D eigenvalue weighted by atomic mass is 9.88. The molecule has 0 aromatic heterocycles. The van der Waals surface area contributed by atoms with Crippen LogP contribution in [-0.4, -0.2) is 25.7 Å². The summed E-state index contributed by atoms with van der Waals surface area (Å²) in [6.07, 6.45) is 6.03. The van der Waals surface area contributed by atoms with Gasteiger partial charge in [-0.2, -0.15) is 0 Å². The molecule has 1 unspecified atom stereocenters. The predicted molar refractivity (Wildman–Crippen MR) is 80.6 cm³/mol. The van der Waals surface area contributed by atoms with Crippen molar-refractivity contribution in [3.05, 3.63) is 47.0 Å². The molecule has 1 aliphatic carbocycles. The van der Waals surface area contributed by atoms with Crippen LogP contribution in [0, 0.1) is 0 Å². The summed E-state index contributed by atoms with van der Waals surface area (Å²) in [5, 5.41) is 3.52. The first-order valence-corrected chi connectivity index (χ1v) is 7.32. The van der Waals surface area contributed by atoms with Gasteiger partial charge >= 0.3 is 5.97 Å². The van der Waals surface area contributed by atoms with Crippen molar-refractivity contribution in [1.29, 1.82) is 0 Å². The van der Waals surface area contributed by atoms with E-state index >= 15 is 0 Å². The minimum absolute atomic E-state index is 0.219. The van der Waals surface area contributed by atoms with Gasteiger partial charge in [-0.25, -0.2) is 4.79 Å². The summed E-state index contributed by atoms with van der Waals surface area (Å²) in [7, 11) is 1.43. The number of methoxy groups -OCH3 is 1. The topological polar surface area (TPSA) is 38.3 Å². The van der Waals surface area contributed by atoms with E-state index in [1.807, 2.05) is 13.0 Å². The quantitative estimate of drug-likeness (QED) is 0.662. The normalized spacial score (nSPS) is 18.5. The highest BCUT2D eigenvalue weighted by molar-refractivity contribution is 5.88. The molecule has 0 radical (unpaired) electrons. The minimum atomic E-state index is -0.219. The van der Waals surface area contributed by atoms with E-state index in [1.54, 1.807) is 0 Å². The average molecular weight is 273 g/mol. The van der Waals surface area contributed by atoms with Gasteiger partial charge in [0.1, 0.15) is 0 Å². The minimum Gasteiger partial charge on any atom is -0.466 e. The van der Waals surface area contributed by atoms with Crippen LogP contribution in [0.2, 0.25) is 0 Å². The van der Waals surface area contributed by atoms with Crippen molar-refractivity contribution >= 4 is 5.97 Å². The second-order valence-electron chi connectivity index (χ2n) is 5.19. The maximum Gasteiger partial charge on any atom is 0.333 e. The smallest absolute Gasteiger partial charge is 0.333 e. The van der Waals surface area contributed by atoms with E-state index in [2.05, 4.69) is 29.6 Å². The Labute approximate surface area is 121 Å². The molecular formula is C17H23NO2. The largest absolute Gasteiger partial charge is 0.466 e. The molecule has 0 amide bonds. The van der Waals surface area contributed by atoms with Gasteiger partial charge in [0, 0.05) is 18.2 Å². The van der Waals surface area contributed by atoms with Crippen LogP contribution in [0.5, 0.6) is 0 Å². The van der Waals surface area contributed by atoms with Crippen LogP contribution in [0.15, 0.2) is 35.9 Å². The van der Waals surface area contributed by atoms with Gasteiger partial charge < -0.3 is 10.1 Å². The van der Waals surface area contributed by atoms with Crippen molar-refractivity contribution in [2.45, 2.75) is 38.6 Å². The number of ether oxygens (including phenoxy) is 1. The lowest BCUT2D eigenvalue weighted by Gasteiger charge is -2.25. The summed E-state index contributed by atoms with van der Waals surface area (Å²) < 4.78 is 4.76. The van der Waals surface area contributed by atoms with Crippen LogP contribution in [-0.2, 0) is 22.4 Å². The highest BCUT2D eigenvalue weighted by atomic mass is 16.5. The van der Waals surface area contributed by atoms with Crippen LogP contribution < -0.4 is 5.32 Å². The number of fused-ring (bicyclic) bond motifs is 1. The lowest BCUT2D eigenvalue weighted by molar-refractivity contribution is -0.136. The van der Waals surface area contributed by atoms with Crippen molar-refractivity contribution in [3.8, 4) is 0 Å². The molecule has 2 rings (SSSR count). The molecule has 0 saturated carbocycles. The molecule has 0 bridgehead atoms. The molecule has 0 aliphatic heterocycles. The Balaban J connectivity index is 1.87. The summed E-state index contributed by atoms with van der Waals surface area (Å²) in [6.45, 7) is 2.70. The van der Waals surface area contributed by atoms with Crippen LogP contribution >= 0.6 is 0 Å².